The number of nitrogens with zero attached hydrogens (tertiary/aromatic N) is 3. The minimum Gasteiger partial charge on any atom is -0.481 e. The van der Waals surface area contributed by atoms with Crippen molar-refractivity contribution in [2.45, 2.75) is 11.7 Å². The summed E-state index contributed by atoms with van der Waals surface area (Å²) in [6.07, 6.45) is 1.34. The third-order valence-electron chi connectivity index (χ3n) is 3.92. The van der Waals surface area contributed by atoms with Crippen LogP contribution < -0.4 is 10.2 Å². The third-order valence-corrected chi connectivity index (χ3v) is 4.99. The Balaban J connectivity index is 1.61. The van der Waals surface area contributed by atoms with Crippen LogP contribution in [0, 0.1) is 0 Å². The van der Waals surface area contributed by atoms with E-state index < -0.39 is 11.2 Å². The van der Waals surface area contributed by atoms with Gasteiger partial charge in [0.2, 0.25) is 5.91 Å². The second-order valence-electron chi connectivity index (χ2n) is 5.83. The molecule has 1 heterocycles. The number of hydrogen-bond acceptors (Lipinski definition) is 6. The Kier molecular flexibility index (Phi) is 5.87. The smallest absolute Gasteiger partial charge is 0.305 e. The van der Waals surface area contributed by atoms with Gasteiger partial charge in [0.15, 0.2) is 5.17 Å². The van der Waals surface area contributed by atoms with E-state index in [1.807, 2.05) is 61.6 Å². The SMILES string of the molecule is CN(c1ccccc1)c1ccc(C=NN=C2NC(=O)C(CC(=O)O)S2)cc1. The molecule has 138 valence electrons. The van der Waals surface area contributed by atoms with Crippen molar-refractivity contribution in [2.75, 3.05) is 11.9 Å². The average molecular weight is 382 g/mol. The van der Waals surface area contributed by atoms with Crippen LogP contribution in [0.4, 0.5) is 11.4 Å². The van der Waals surface area contributed by atoms with Crippen molar-refractivity contribution in [1.29, 1.82) is 0 Å². The first-order valence-electron chi connectivity index (χ1n) is 8.22. The number of carboxylic acids is 1. The molecule has 1 amide bonds. The first-order valence-corrected chi connectivity index (χ1v) is 9.10. The molecule has 0 aliphatic carbocycles. The Bertz CT molecular complexity index is 882. The van der Waals surface area contributed by atoms with Crippen LogP contribution in [0.5, 0.6) is 0 Å². The fourth-order valence-corrected chi connectivity index (χ4v) is 3.39. The van der Waals surface area contributed by atoms with Crippen molar-refractivity contribution in [3.05, 3.63) is 60.2 Å². The summed E-state index contributed by atoms with van der Waals surface area (Å²) in [5, 5.41) is 18.9. The first kappa shape index (κ1) is 18.7. The normalized spacial score (nSPS) is 18.0. The van der Waals surface area contributed by atoms with E-state index in [2.05, 4.69) is 20.4 Å². The zero-order chi connectivity index (χ0) is 19.2. The second-order valence-corrected chi connectivity index (χ2v) is 7.02. The van der Waals surface area contributed by atoms with Crippen molar-refractivity contribution in [1.82, 2.24) is 5.32 Å². The summed E-state index contributed by atoms with van der Waals surface area (Å²) < 4.78 is 0. The van der Waals surface area contributed by atoms with Crippen molar-refractivity contribution >= 4 is 46.4 Å². The Morgan fingerprint density at radius 2 is 1.85 bits per heavy atom. The molecule has 0 saturated carbocycles. The molecule has 1 saturated heterocycles. The maximum Gasteiger partial charge on any atom is 0.305 e. The van der Waals surface area contributed by atoms with Gasteiger partial charge in [-0.1, -0.05) is 42.1 Å². The van der Waals surface area contributed by atoms with Crippen molar-refractivity contribution in [3.8, 4) is 0 Å². The molecule has 8 heteroatoms. The van der Waals surface area contributed by atoms with Crippen LogP contribution in [0.25, 0.3) is 0 Å². The number of anilines is 2. The number of carbonyl (C=O) groups excluding carboxylic acids is 1. The van der Waals surface area contributed by atoms with E-state index in [-0.39, 0.29) is 12.3 Å². The van der Waals surface area contributed by atoms with E-state index in [1.165, 1.54) is 0 Å². The second kappa shape index (κ2) is 8.50. The van der Waals surface area contributed by atoms with Crippen molar-refractivity contribution < 1.29 is 14.7 Å². The number of para-hydroxylation sites is 1. The predicted molar refractivity (Wildman–Crippen MR) is 108 cm³/mol. The Morgan fingerprint density at radius 3 is 2.52 bits per heavy atom. The van der Waals surface area contributed by atoms with Gasteiger partial charge in [-0.2, -0.15) is 5.10 Å². The number of thioether (sulfide) groups is 1. The van der Waals surface area contributed by atoms with Gasteiger partial charge < -0.3 is 15.3 Å². The Labute approximate surface area is 160 Å². The molecule has 0 spiro atoms. The number of amides is 1. The van der Waals surface area contributed by atoms with Crippen LogP contribution in [0.2, 0.25) is 0 Å². The molecule has 1 aliphatic heterocycles. The molecule has 0 aromatic heterocycles. The summed E-state index contributed by atoms with van der Waals surface area (Å²) in [6.45, 7) is 0. The first-order chi connectivity index (χ1) is 13.0. The molecule has 2 aromatic rings. The fourth-order valence-electron chi connectivity index (χ4n) is 2.48. The molecule has 3 rings (SSSR count). The number of aliphatic carboxylic acids is 1. The lowest BCUT2D eigenvalue weighted by Crippen LogP contribution is -2.26. The number of hydrogen-bond donors (Lipinski definition) is 2. The highest BCUT2D eigenvalue weighted by Crippen LogP contribution is 2.23. The maximum absolute atomic E-state index is 11.6. The Hall–Kier alpha value is -3.13. The molecule has 27 heavy (non-hydrogen) atoms. The summed E-state index contributed by atoms with van der Waals surface area (Å²) in [5.41, 5.74) is 3.00. The molecule has 0 bridgehead atoms. The fraction of sp³-hybridized carbons (Fsp3) is 0.158. The summed E-state index contributed by atoms with van der Waals surface area (Å²) in [5.74, 6) is -1.38. The van der Waals surface area contributed by atoms with Crippen LogP contribution in [-0.4, -0.2) is 40.7 Å². The van der Waals surface area contributed by atoms with Gasteiger partial charge in [-0.25, -0.2) is 0 Å². The highest BCUT2D eigenvalue weighted by molar-refractivity contribution is 8.15. The molecule has 1 unspecified atom stereocenters. The van der Waals surface area contributed by atoms with E-state index in [9.17, 15) is 9.59 Å². The van der Waals surface area contributed by atoms with E-state index >= 15 is 0 Å². The molecule has 2 aromatic carbocycles. The van der Waals surface area contributed by atoms with Crippen LogP contribution in [0.3, 0.4) is 0 Å². The van der Waals surface area contributed by atoms with Gasteiger partial charge in [0.1, 0.15) is 5.25 Å². The zero-order valence-electron chi connectivity index (χ0n) is 14.6. The number of amidine groups is 1. The van der Waals surface area contributed by atoms with Gasteiger partial charge in [0.05, 0.1) is 12.6 Å². The number of nitrogens with one attached hydrogen (secondary N) is 1. The third kappa shape index (κ3) is 4.95. The lowest BCUT2D eigenvalue weighted by molar-refractivity contribution is -0.138. The van der Waals surface area contributed by atoms with Gasteiger partial charge in [0, 0.05) is 18.4 Å². The molecule has 1 aliphatic rings. The van der Waals surface area contributed by atoms with Gasteiger partial charge in [-0.15, -0.1) is 5.10 Å². The maximum atomic E-state index is 11.6. The zero-order valence-corrected chi connectivity index (χ0v) is 15.4. The lowest BCUT2D eigenvalue weighted by Gasteiger charge is -2.19. The predicted octanol–water partition coefficient (Wildman–Crippen LogP) is 2.85. The monoisotopic (exact) mass is 382 g/mol. The van der Waals surface area contributed by atoms with Gasteiger partial charge in [0.25, 0.3) is 0 Å². The van der Waals surface area contributed by atoms with Crippen LogP contribution in [-0.2, 0) is 9.59 Å². The van der Waals surface area contributed by atoms with Crippen molar-refractivity contribution in [2.24, 2.45) is 10.2 Å². The largest absolute Gasteiger partial charge is 0.481 e. The summed E-state index contributed by atoms with van der Waals surface area (Å²) in [6, 6.07) is 17.9. The van der Waals surface area contributed by atoms with Crippen LogP contribution >= 0.6 is 11.8 Å². The van der Waals surface area contributed by atoms with E-state index in [1.54, 1.807) is 6.21 Å². The molecule has 2 N–H and O–H groups in total. The van der Waals surface area contributed by atoms with Crippen molar-refractivity contribution in [3.63, 3.8) is 0 Å². The standard InChI is InChI=1S/C19H18N4O3S/c1-23(14-5-3-2-4-6-14)15-9-7-13(8-10-15)12-20-22-19-21-18(26)16(27-19)11-17(24)25/h2-10,12,16H,11H2,1H3,(H,24,25)(H,21,22,26). The molecular weight excluding hydrogens is 364 g/mol. The van der Waals surface area contributed by atoms with Crippen LogP contribution in [0.15, 0.2) is 64.8 Å². The summed E-state index contributed by atoms with van der Waals surface area (Å²) >= 11 is 1.07. The molecular formula is C19H18N4O3S. The summed E-state index contributed by atoms with van der Waals surface area (Å²) in [7, 11) is 2.00. The highest BCUT2D eigenvalue weighted by Gasteiger charge is 2.32. The highest BCUT2D eigenvalue weighted by atomic mass is 32.2. The minimum atomic E-state index is -1.02. The van der Waals surface area contributed by atoms with E-state index in [0.29, 0.717) is 5.17 Å². The lowest BCUT2D eigenvalue weighted by atomic mass is 10.2. The number of benzene rings is 2. The minimum absolute atomic E-state index is 0.240. The van der Waals surface area contributed by atoms with Gasteiger partial charge in [-0.05, 0) is 29.8 Å². The van der Waals surface area contributed by atoms with Crippen LogP contribution in [0.1, 0.15) is 12.0 Å². The summed E-state index contributed by atoms with van der Waals surface area (Å²) in [4.78, 5) is 24.4. The number of carboxylic acid groups (broad SMARTS) is 1. The van der Waals surface area contributed by atoms with E-state index in [0.717, 1.165) is 28.7 Å². The average Bonchev–Trinajstić information content (AvgIpc) is 3.01. The quantitative estimate of drug-likeness (QED) is 0.592. The number of carbonyl (C=O) groups is 2. The molecule has 0 radical (unpaired) electrons. The van der Waals surface area contributed by atoms with Gasteiger partial charge >= 0.3 is 5.97 Å². The molecule has 7 nitrogen and oxygen atoms in total. The van der Waals surface area contributed by atoms with E-state index in [4.69, 9.17) is 5.11 Å². The topological polar surface area (TPSA) is 94.4 Å². The Morgan fingerprint density at radius 1 is 1.19 bits per heavy atom. The van der Waals surface area contributed by atoms with Gasteiger partial charge in [-0.3, -0.25) is 9.59 Å². The number of rotatable bonds is 6. The molecule has 1 fully saturated rings. The molecule has 1 atom stereocenters.